The van der Waals surface area contributed by atoms with Gasteiger partial charge in [-0.1, -0.05) is 6.07 Å². The molecule has 1 atom stereocenters. The molecule has 6 heteroatoms. The van der Waals surface area contributed by atoms with Crippen LogP contribution in [0.2, 0.25) is 0 Å². The maximum absolute atomic E-state index is 11.2. The van der Waals surface area contributed by atoms with Crippen molar-refractivity contribution in [3.63, 3.8) is 0 Å². The molecule has 21 heavy (non-hydrogen) atoms. The number of anilines is 1. The van der Waals surface area contributed by atoms with Gasteiger partial charge in [0, 0.05) is 32.0 Å². The largest absolute Gasteiger partial charge is 0.366 e. The van der Waals surface area contributed by atoms with Crippen LogP contribution in [0.1, 0.15) is 25.3 Å². The average molecular weight is 292 g/mol. The Bertz CT molecular complexity index is 553. The first-order valence-electron chi connectivity index (χ1n) is 7.31. The Kier molecular flexibility index (Phi) is 3.59. The second-order valence-electron chi connectivity index (χ2n) is 5.89. The van der Waals surface area contributed by atoms with Crippen LogP contribution < -0.4 is 4.90 Å². The SMILES string of the molecule is Cc1ccc(N2CCC3(CC2)OCC(C)O3)c([N+](=O)[O-])c1. The second kappa shape index (κ2) is 5.27. The molecule has 0 N–H and O–H groups in total. The summed E-state index contributed by atoms with van der Waals surface area (Å²) in [5.74, 6) is -0.477. The first kappa shape index (κ1) is 14.3. The molecule has 0 aliphatic carbocycles. The van der Waals surface area contributed by atoms with Gasteiger partial charge in [-0.2, -0.15) is 0 Å². The van der Waals surface area contributed by atoms with Crippen LogP contribution in [0.15, 0.2) is 18.2 Å². The quantitative estimate of drug-likeness (QED) is 0.619. The molecule has 1 aromatic carbocycles. The van der Waals surface area contributed by atoms with Crippen molar-refractivity contribution in [2.24, 2.45) is 0 Å². The van der Waals surface area contributed by atoms with Crippen LogP contribution in [0.4, 0.5) is 11.4 Å². The highest BCUT2D eigenvalue weighted by Gasteiger charge is 2.43. The van der Waals surface area contributed by atoms with Gasteiger partial charge in [0.1, 0.15) is 5.69 Å². The number of hydrogen-bond acceptors (Lipinski definition) is 5. The van der Waals surface area contributed by atoms with Crippen LogP contribution in [0.3, 0.4) is 0 Å². The zero-order valence-electron chi connectivity index (χ0n) is 12.4. The maximum atomic E-state index is 11.2. The van der Waals surface area contributed by atoms with Crippen molar-refractivity contribution in [1.82, 2.24) is 0 Å². The van der Waals surface area contributed by atoms with Gasteiger partial charge in [-0.25, -0.2) is 0 Å². The molecule has 2 aliphatic heterocycles. The Morgan fingerprint density at radius 3 is 2.67 bits per heavy atom. The van der Waals surface area contributed by atoms with Gasteiger partial charge in [-0.05, 0) is 25.5 Å². The topological polar surface area (TPSA) is 64.8 Å². The normalized spacial score (nSPS) is 24.5. The summed E-state index contributed by atoms with van der Waals surface area (Å²) in [5, 5.41) is 11.2. The van der Waals surface area contributed by atoms with Gasteiger partial charge in [0.2, 0.25) is 0 Å². The number of hydrogen-bond donors (Lipinski definition) is 0. The van der Waals surface area contributed by atoms with E-state index in [9.17, 15) is 10.1 Å². The summed E-state index contributed by atoms with van der Waals surface area (Å²) in [6, 6.07) is 5.38. The van der Waals surface area contributed by atoms with Gasteiger partial charge < -0.3 is 14.4 Å². The highest BCUT2D eigenvalue weighted by atomic mass is 16.7. The van der Waals surface area contributed by atoms with Crippen LogP contribution in [-0.2, 0) is 9.47 Å². The number of piperidine rings is 1. The molecule has 114 valence electrons. The smallest absolute Gasteiger partial charge is 0.292 e. The number of nitrogens with zero attached hydrogens (tertiary/aromatic N) is 2. The van der Waals surface area contributed by atoms with E-state index in [4.69, 9.17) is 9.47 Å². The van der Waals surface area contributed by atoms with Crippen LogP contribution in [0.5, 0.6) is 0 Å². The van der Waals surface area contributed by atoms with E-state index in [-0.39, 0.29) is 16.7 Å². The molecule has 6 nitrogen and oxygen atoms in total. The van der Waals surface area contributed by atoms with E-state index in [2.05, 4.69) is 4.90 Å². The molecule has 2 heterocycles. The van der Waals surface area contributed by atoms with Gasteiger partial charge in [0.05, 0.1) is 17.6 Å². The molecule has 0 aromatic heterocycles. The lowest BCUT2D eigenvalue weighted by atomic mass is 10.0. The molecular formula is C15H20N2O4. The van der Waals surface area contributed by atoms with E-state index in [1.807, 2.05) is 26.0 Å². The Morgan fingerprint density at radius 2 is 2.10 bits per heavy atom. The summed E-state index contributed by atoms with van der Waals surface area (Å²) in [6.45, 7) is 5.91. The molecule has 1 aromatic rings. The fourth-order valence-electron chi connectivity index (χ4n) is 3.10. The predicted octanol–water partition coefficient (Wildman–Crippen LogP) is 2.64. The van der Waals surface area contributed by atoms with Crippen molar-refractivity contribution in [3.8, 4) is 0 Å². The molecule has 2 aliphatic rings. The third-order valence-electron chi connectivity index (χ3n) is 4.19. The molecule has 2 fully saturated rings. The Labute approximate surface area is 123 Å². The standard InChI is InChI=1S/C15H20N2O4/c1-11-3-4-13(14(9-11)17(18)19)16-7-5-15(6-8-16)20-10-12(2)21-15/h3-4,9,12H,5-8,10H2,1-2H3. The molecule has 0 radical (unpaired) electrons. The zero-order chi connectivity index (χ0) is 15.0. The number of rotatable bonds is 2. The molecule has 0 amide bonds. The van der Waals surface area contributed by atoms with Gasteiger partial charge in [0.15, 0.2) is 5.79 Å². The van der Waals surface area contributed by atoms with Gasteiger partial charge in [-0.3, -0.25) is 10.1 Å². The molecule has 0 bridgehead atoms. The molecule has 3 rings (SSSR count). The summed E-state index contributed by atoms with van der Waals surface area (Å²) in [7, 11) is 0. The summed E-state index contributed by atoms with van der Waals surface area (Å²) in [5.41, 5.74) is 1.76. The fraction of sp³-hybridized carbons (Fsp3) is 0.600. The number of nitro groups is 1. The predicted molar refractivity (Wildman–Crippen MR) is 78.5 cm³/mol. The molecule has 1 unspecified atom stereocenters. The third kappa shape index (κ3) is 2.73. The Hall–Kier alpha value is -1.66. The average Bonchev–Trinajstić information content (AvgIpc) is 2.81. The van der Waals surface area contributed by atoms with Gasteiger partial charge in [-0.15, -0.1) is 0 Å². The van der Waals surface area contributed by atoms with Crippen LogP contribution in [-0.4, -0.2) is 36.5 Å². The number of benzene rings is 1. The zero-order valence-corrected chi connectivity index (χ0v) is 12.4. The highest BCUT2D eigenvalue weighted by molar-refractivity contribution is 5.64. The lowest BCUT2D eigenvalue weighted by molar-refractivity contribution is -0.384. The van der Waals surface area contributed by atoms with Gasteiger partial charge >= 0.3 is 0 Å². The molecule has 1 spiro atoms. The van der Waals surface area contributed by atoms with E-state index in [0.29, 0.717) is 25.4 Å². The minimum atomic E-state index is -0.477. The van der Waals surface area contributed by atoms with Crippen molar-refractivity contribution >= 4 is 11.4 Å². The third-order valence-corrected chi connectivity index (χ3v) is 4.19. The van der Waals surface area contributed by atoms with Gasteiger partial charge in [0.25, 0.3) is 5.69 Å². The first-order valence-corrected chi connectivity index (χ1v) is 7.31. The monoisotopic (exact) mass is 292 g/mol. The number of ether oxygens (including phenoxy) is 2. The maximum Gasteiger partial charge on any atom is 0.292 e. The Morgan fingerprint density at radius 1 is 1.38 bits per heavy atom. The minimum Gasteiger partial charge on any atom is -0.366 e. The lowest BCUT2D eigenvalue weighted by Gasteiger charge is -2.38. The number of nitro benzene ring substituents is 1. The van der Waals surface area contributed by atoms with Crippen LogP contribution in [0, 0.1) is 17.0 Å². The molecular weight excluding hydrogens is 272 g/mol. The summed E-state index contributed by atoms with van der Waals surface area (Å²) in [4.78, 5) is 13.0. The minimum absolute atomic E-state index is 0.130. The number of aryl methyl sites for hydroxylation is 1. The summed E-state index contributed by atoms with van der Waals surface area (Å²) < 4.78 is 11.7. The second-order valence-corrected chi connectivity index (χ2v) is 5.89. The van der Waals surface area contributed by atoms with E-state index in [1.165, 1.54) is 0 Å². The first-order chi connectivity index (χ1) is 9.99. The van der Waals surface area contributed by atoms with Crippen molar-refractivity contribution in [2.45, 2.75) is 38.6 Å². The molecule has 0 saturated carbocycles. The lowest BCUT2D eigenvalue weighted by Crippen LogP contribution is -2.45. The van der Waals surface area contributed by atoms with Crippen molar-refractivity contribution in [1.29, 1.82) is 0 Å². The van der Waals surface area contributed by atoms with Crippen molar-refractivity contribution < 1.29 is 14.4 Å². The molecule has 2 saturated heterocycles. The summed E-state index contributed by atoms with van der Waals surface area (Å²) in [6.07, 6.45) is 1.61. The fourth-order valence-corrected chi connectivity index (χ4v) is 3.10. The highest BCUT2D eigenvalue weighted by Crippen LogP contribution is 2.37. The van der Waals surface area contributed by atoms with Crippen molar-refractivity contribution in [3.05, 3.63) is 33.9 Å². The van der Waals surface area contributed by atoms with E-state index < -0.39 is 5.79 Å². The van der Waals surface area contributed by atoms with Crippen molar-refractivity contribution in [2.75, 3.05) is 24.6 Å². The van der Waals surface area contributed by atoms with E-state index in [0.717, 1.165) is 18.4 Å². The van der Waals surface area contributed by atoms with E-state index in [1.54, 1.807) is 6.07 Å². The Balaban J connectivity index is 1.77. The van der Waals surface area contributed by atoms with Crippen LogP contribution >= 0.6 is 0 Å². The summed E-state index contributed by atoms with van der Waals surface area (Å²) >= 11 is 0. The van der Waals surface area contributed by atoms with E-state index >= 15 is 0 Å². The van der Waals surface area contributed by atoms with Crippen LogP contribution in [0.25, 0.3) is 0 Å².